The fourth-order valence-electron chi connectivity index (χ4n) is 2.17. The molecule has 4 heteroatoms. The maximum atomic E-state index is 5.94. The second kappa shape index (κ2) is 6.55. The first-order valence-corrected chi connectivity index (χ1v) is 7.41. The first kappa shape index (κ1) is 13.8. The van der Waals surface area contributed by atoms with Crippen molar-refractivity contribution in [3.63, 3.8) is 0 Å². The van der Waals surface area contributed by atoms with Gasteiger partial charge in [-0.1, -0.05) is 15.9 Å². The number of methoxy groups -OCH3 is 1. The molecule has 1 heterocycles. The molecule has 1 aromatic carbocycles. The van der Waals surface area contributed by atoms with Crippen LogP contribution in [0.15, 0.2) is 24.3 Å². The van der Waals surface area contributed by atoms with Gasteiger partial charge in [0.15, 0.2) is 5.79 Å². The number of hydrogen-bond acceptors (Lipinski definition) is 3. The number of halogens is 1. The molecule has 0 aromatic heterocycles. The first-order chi connectivity index (χ1) is 8.80. The molecule has 1 aliphatic rings. The van der Waals surface area contributed by atoms with Crippen molar-refractivity contribution in [1.29, 1.82) is 0 Å². The van der Waals surface area contributed by atoms with Crippen LogP contribution in [-0.2, 0) is 15.3 Å². The van der Waals surface area contributed by atoms with Crippen LogP contribution in [0.1, 0.15) is 24.8 Å². The molecule has 0 saturated carbocycles. The van der Waals surface area contributed by atoms with E-state index in [1.54, 1.807) is 7.11 Å². The zero-order valence-corrected chi connectivity index (χ0v) is 12.2. The highest BCUT2D eigenvalue weighted by Crippen LogP contribution is 2.36. The van der Waals surface area contributed by atoms with E-state index in [2.05, 4.69) is 15.9 Å². The minimum absolute atomic E-state index is 0.571. The van der Waals surface area contributed by atoms with Crippen molar-refractivity contribution >= 4 is 15.9 Å². The topological polar surface area (TPSA) is 27.7 Å². The fraction of sp³-hybridized carbons (Fsp3) is 0.571. The van der Waals surface area contributed by atoms with Crippen molar-refractivity contribution in [2.24, 2.45) is 0 Å². The molecule has 2 rings (SSSR count). The molecule has 0 radical (unpaired) electrons. The van der Waals surface area contributed by atoms with Crippen molar-refractivity contribution in [2.75, 3.05) is 25.7 Å². The molecular formula is C14H19BrO3. The summed E-state index contributed by atoms with van der Waals surface area (Å²) in [5.41, 5.74) is 1.07. The van der Waals surface area contributed by atoms with Gasteiger partial charge in [0.05, 0.1) is 20.3 Å². The van der Waals surface area contributed by atoms with Crippen LogP contribution in [0.5, 0.6) is 5.75 Å². The molecule has 3 nitrogen and oxygen atoms in total. The Bertz CT molecular complexity index is 358. The molecule has 18 heavy (non-hydrogen) atoms. The molecule has 1 aromatic rings. The summed E-state index contributed by atoms with van der Waals surface area (Å²) in [5.74, 6) is 0.281. The second-order valence-electron chi connectivity index (χ2n) is 4.32. The lowest BCUT2D eigenvalue weighted by Gasteiger charge is -2.37. The zero-order chi connectivity index (χ0) is 12.8. The molecule has 0 amide bonds. The molecule has 0 spiro atoms. The van der Waals surface area contributed by atoms with Gasteiger partial charge in [-0.2, -0.15) is 0 Å². The van der Waals surface area contributed by atoms with Crippen LogP contribution in [0.3, 0.4) is 0 Å². The molecule has 1 aliphatic heterocycles. The van der Waals surface area contributed by atoms with E-state index in [1.165, 1.54) is 0 Å². The normalized spacial score (nSPS) is 18.6. The second-order valence-corrected chi connectivity index (χ2v) is 5.12. The van der Waals surface area contributed by atoms with Crippen LogP contribution in [0.4, 0.5) is 0 Å². The summed E-state index contributed by atoms with van der Waals surface area (Å²) in [4.78, 5) is 0. The number of ether oxygens (including phenoxy) is 3. The Balaban J connectivity index is 2.20. The van der Waals surface area contributed by atoms with Crippen molar-refractivity contribution in [3.05, 3.63) is 29.8 Å². The molecule has 0 bridgehead atoms. The van der Waals surface area contributed by atoms with Crippen molar-refractivity contribution in [1.82, 2.24) is 0 Å². The lowest BCUT2D eigenvalue weighted by Crippen LogP contribution is -2.38. The number of rotatable bonds is 5. The molecule has 1 saturated heterocycles. The molecule has 0 aliphatic carbocycles. The predicted molar refractivity (Wildman–Crippen MR) is 74.2 cm³/mol. The Labute approximate surface area is 117 Å². The van der Waals surface area contributed by atoms with Gasteiger partial charge in [-0.15, -0.1) is 0 Å². The third kappa shape index (κ3) is 3.05. The van der Waals surface area contributed by atoms with E-state index in [9.17, 15) is 0 Å². The summed E-state index contributed by atoms with van der Waals surface area (Å²) in [5, 5.41) is 0.956. The Morgan fingerprint density at radius 2 is 1.89 bits per heavy atom. The number of hydrogen-bond donors (Lipinski definition) is 0. The van der Waals surface area contributed by atoms with Gasteiger partial charge in [-0.3, -0.25) is 0 Å². The zero-order valence-electron chi connectivity index (χ0n) is 10.7. The lowest BCUT2D eigenvalue weighted by molar-refractivity contribution is -0.279. The van der Waals surface area contributed by atoms with Crippen molar-refractivity contribution < 1.29 is 14.2 Å². The van der Waals surface area contributed by atoms with E-state index in [0.29, 0.717) is 0 Å². The van der Waals surface area contributed by atoms with Gasteiger partial charge in [-0.05, 0) is 37.1 Å². The smallest absolute Gasteiger partial charge is 0.194 e. The van der Waals surface area contributed by atoms with Crippen molar-refractivity contribution in [2.45, 2.75) is 25.0 Å². The van der Waals surface area contributed by atoms with Crippen LogP contribution < -0.4 is 4.74 Å². The summed E-state index contributed by atoms with van der Waals surface area (Å²) in [6.45, 7) is 1.52. The monoisotopic (exact) mass is 314 g/mol. The fourth-order valence-corrected chi connectivity index (χ4v) is 2.45. The molecule has 1 fully saturated rings. The molecule has 0 N–H and O–H groups in total. The van der Waals surface area contributed by atoms with E-state index in [4.69, 9.17) is 14.2 Å². The Morgan fingerprint density at radius 1 is 1.22 bits per heavy atom. The SMILES string of the molecule is COc1ccc(C2(CCCBr)OCCCO2)cc1. The van der Waals surface area contributed by atoms with Crippen LogP contribution in [0.25, 0.3) is 0 Å². The largest absolute Gasteiger partial charge is 0.497 e. The van der Waals surface area contributed by atoms with Crippen LogP contribution in [0.2, 0.25) is 0 Å². The number of benzene rings is 1. The third-order valence-corrected chi connectivity index (χ3v) is 3.69. The van der Waals surface area contributed by atoms with Crippen LogP contribution >= 0.6 is 15.9 Å². The maximum Gasteiger partial charge on any atom is 0.194 e. The molecule has 0 unspecified atom stereocenters. The minimum Gasteiger partial charge on any atom is -0.497 e. The van der Waals surface area contributed by atoms with E-state index in [-0.39, 0.29) is 0 Å². The summed E-state index contributed by atoms with van der Waals surface area (Å²) >= 11 is 3.46. The average Bonchev–Trinajstić information content (AvgIpc) is 2.46. The number of alkyl halides is 1. The molecule has 0 atom stereocenters. The highest BCUT2D eigenvalue weighted by molar-refractivity contribution is 9.09. The highest BCUT2D eigenvalue weighted by Gasteiger charge is 2.36. The highest BCUT2D eigenvalue weighted by atomic mass is 79.9. The van der Waals surface area contributed by atoms with Crippen LogP contribution in [-0.4, -0.2) is 25.7 Å². The van der Waals surface area contributed by atoms with Gasteiger partial charge in [0.1, 0.15) is 5.75 Å². The summed E-state index contributed by atoms with van der Waals surface area (Å²) in [7, 11) is 1.67. The van der Waals surface area contributed by atoms with E-state index >= 15 is 0 Å². The van der Waals surface area contributed by atoms with Gasteiger partial charge in [0.25, 0.3) is 0 Å². The van der Waals surface area contributed by atoms with E-state index in [1.807, 2.05) is 24.3 Å². The molecule has 100 valence electrons. The van der Waals surface area contributed by atoms with Gasteiger partial charge in [0, 0.05) is 17.3 Å². The van der Waals surface area contributed by atoms with E-state index in [0.717, 1.165) is 49.1 Å². The first-order valence-electron chi connectivity index (χ1n) is 6.29. The summed E-state index contributed by atoms with van der Waals surface area (Å²) in [6.07, 6.45) is 2.85. The maximum absolute atomic E-state index is 5.94. The summed E-state index contributed by atoms with van der Waals surface area (Å²) in [6, 6.07) is 7.95. The average molecular weight is 315 g/mol. The van der Waals surface area contributed by atoms with E-state index < -0.39 is 5.79 Å². The third-order valence-electron chi connectivity index (χ3n) is 3.13. The van der Waals surface area contributed by atoms with Gasteiger partial charge in [0.2, 0.25) is 0 Å². The molecular weight excluding hydrogens is 296 g/mol. The minimum atomic E-state index is -0.571. The van der Waals surface area contributed by atoms with Gasteiger partial charge in [-0.25, -0.2) is 0 Å². The summed E-state index contributed by atoms with van der Waals surface area (Å²) < 4.78 is 17.1. The quantitative estimate of drug-likeness (QED) is 0.779. The van der Waals surface area contributed by atoms with Gasteiger partial charge < -0.3 is 14.2 Å². The Hall–Kier alpha value is -0.580. The lowest BCUT2D eigenvalue weighted by atomic mass is 9.99. The predicted octanol–water partition coefficient (Wildman–Crippen LogP) is 3.46. The van der Waals surface area contributed by atoms with Crippen LogP contribution in [0, 0.1) is 0 Å². The Morgan fingerprint density at radius 3 is 2.44 bits per heavy atom. The Kier molecular flexibility index (Phi) is 5.03. The standard InChI is InChI=1S/C14H19BrO3/c1-16-13-6-4-12(5-7-13)14(8-2-9-15)17-10-3-11-18-14/h4-7H,2-3,8-11H2,1H3. The van der Waals surface area contributed by atoms with Crippen molar-refractivity contribution in [3.8, 4) is 5.75 Å². The van der Waals surface area contributed by atoms with Gasteiger partial charge >= 0.3 is 0 Å².